The molecule has 6 nitrogen and oxygen atoms in total. The molecule has 1 aliphatic carbocycles. The second kappa shape index (κ2) is 10.7. The van der Waals surface area contributed by atoms with Gasteiger partial charge in [0.05, 0.1) is 26.5 Å². The van der Waals surface area contributed by atoms with Crippen molar-refractivity contribution in [2.75, 3.05) is 16.0 Å². The van der Waals surface area contributed by atoms with Crippen LogP contribution >= 0.6 is 58.0 Å². The number of carbonyl (C=O) groups excluding carboxylic acids is 3. The molecule has 3 aromatic rings. The van der Waals surface area contributed by atoms with Gasteiger partial charge in [0.1, 0.15) is 4.33 Å². The Morgan fingerprint density at radius 3 is 2.08 bits per heavy atom. The van der Waals surface area contributed by atoms with Crippen LogP contribution in [0.5, 0.6) is 0 Å². The van der Waals surface area contributed by atoms with Crippen molar-refractivity contribution in [2.45, 2.75) is 24.1 Å². The molecule has 0 aliphatic heterocycles. The van der Waals surface area contributed by atoms with Gasteiger partial charge in [0, 0.05) is 29.9 Å². The molecular formula is C26H20Cl5N3O3. The summed E-state index contributed by atoms with van der Waals surface area (Å²) >= 11 is 31.2. The molecule has 1 fully saturated rings. The number of hydrogen-bond acceptors (Lipinski definition) is 3. The van der Waals surface area contributed by atoms with Crippen LogP contribution in [0, 0.1) is 12.8 Å². The van der Waals surface area contributed by atoms with Gasteiger partial charge in [-0.3, -0.25) is 14.4 Å². The van der Waals surface area contributed by atoms with E-state index < -0.39 is 28.0 Å². The SMILES string of the molecule is CC(=O)Nc1ccc(NC(=O)c2cc(NC(=O)C3C(c4ccc(Cl)c(Cl)c4)C3(Cl)Cl)ccc2Cl)c(C)c1. The minimum Gasteiger partial charge on any atom is -0.326 e. The first-order valence-corrected chi connectivity index (χ1v) is 12.9. The molecule has 2 atom stereocenters. The average molecular weight is 600 g/mol. The van der Waals surface area contributed by atoms with Crippen LogP contribution < -0.4 is 16.0 Å². The van der Waals surface area contributed by atoms with Crippen LogP contribution in [0.4, 0.5) is 17.1 Å². The summed E-state index contributed by atoms with van der Waals surface area (Å²) in [6, 6.07) is 14.6. The Hall–Kier alpha value is -2.48. The van der Waals surface area contributed by atoms with Crippen molar-refractivity contribution in [2.24, 2.45) is 5.92 Å². The Morgan fingerprint density at radius 2 is 1.43 bits per heavy atom. The maximum Gasteiger partial charge on any atom is 0.257 e. The Labute approximate surface area is 238 Å². The number of benzene rings is 3. The summed E-state index contributed by atoms with van der Waals surface area (Å²) in [5, 5.41) is 9.17. The van der Waals surface area contributed by atoms with Crippen molar-refractivity contribution in [3.63, 3.8) is 0 Å². The molecule has 11 heteroatoms. The lowest BCUT2D eigenvalue weighted by Crippen LogP contribution is -2.18. The minimum absolute atomic E-state index is 0.157. The molecule has 0 aromatic heterocycles. The smallest absolute Gasteiger partial charge is 0.257 e. The highest BCUT2D eigenvalue weighted by Crippen LogP contribution is 2.65. The van der Waals surface area contributed by atoms with Crippen LogP contribution in [0.2, 0.25) is 15.1 Å². The van der Waals surface area contributed by atoms with Gasteiger partial charge < -0.3 is 16.0 Å². The fourth-order valence-corrected chi connectivity index (χ4v) is 5.38. The van der Waals surface area contributed by atoms with Crippen molar-refractivity contribution in [3.8, 4) is 0 Å². The lowest BCUT2D eigenvalue weighted by atomic mass is 10.1. The summed E-state index contributed by atoms with van der Waals surface area (Å²) in [5.74, 6) is -2.31. The van der Waals surface area contributed by atoms with Crippen LogP contribution in [0.1, 0.15) is 34.3 Å². The maximum absolute atomic E-state index is 13.0. The predicted molar refractivity (Wildman–Crippen MR) is 151 cm³/mol. The first kappa shape index (κ1) is 27.6. The number of alkyl halides is 2. The lowest BCUT2D eigenvalue weighted by Gasteiger charge is -2.13. The third-order valence-corrected chi connectivity index (χ3v) is 7.92. The number of nitrogens with one attached hydrogen (secondary N) is 3. The van der Waals surface area contributed by atoms with Crippen LogP contribution in [0.25, 0.3) is 0 Å². The third kappa shape index (κ3) is 6.00. The largest absolute Gasteiger partial charge is 0.326 e. The highest BCUT2D eigenvalue weighted by Gasteiger charge is 2.67. The molecule has 0 bridgehead atoms. The van der Waals surface area contributed by atoms with Gasteiger partial charge in [-0.05, 0) is 66.6 Å². The Morgan fingerprint density at radius 1 is 0.784 bits per heavy atom. The number of hydrogen-bond donors (Lipinski definition) is 3. The minimum atomic E-state index is -1.32. The van der Waals surface area contributed by atoms with Crippen LogP contribution in [-0.2, 0) is 9.59 Å². The number of anilines is 3. The Balaban J connectivity index is 1.48. The first-order valence-electron chi connectivity index (χ1n) is 11.0. The monoisotopic (exact) mass is 597 g/mol. The van der Waals surface area contributed by atoms with Crippen LogP contribution in [0.15, 0.2) is 54.6 Å². The zero-order valence-electron chi connectivity index (χ0n) is 19.5. The molecule has 0 spiro atoms. The highest BCUT2D eigenvalue weighted by molar-refractivity contribution is 6.53. The van der Waals surface area contributed by atoms with E-state index in [1.807, 2.05) is 0 Å². The summed E-state index contributed by atoms with van der Waals surface area (Å²) < 4.78 is -1.32. The summed E-state index contributed by atoms with van der Waals surface area (Å²) in [5.41, 5.74) is 3.09. The van der Waals surface area contributed by atoms with E-state index in [-0.39, 0.29) is 16.5 Å². The normalized spacial score (nSPS) is 17.6. The summed E-state index contributed by atoms with van der Waals surface area (Å²) in [7, 11) is 0. The second-order valence-electron chi connectivity index (χ2n) is 8.65. The topological polar surface area (TPSA) is 87.3 Å². The van der Waals surface area contributed by atoms with Crippen molar-refractivity contribution < 1.29 is 14.4 Å². The molecule has 0 heterocycles. The average Bonchev–Trinajstić information content (AvgIpc) is 3.40. The van der Waals surface area contributed by atoms with Gasteiger partial charge in [-0.15, -0.1) is 23.2 Å². The Bertz CT molecular complexity index is 1430. The van der Waals surface area contributed by atoms with Gasteiger partial charge in [-0.1, -0.05) is 40.9 Å². The molecular weight excluding hydrogens is 580 g/mol. The summed E-state index contributed by atoms with van der Waals surface area (Å²) in [4.78, 5) is 37.3. The van der Waals surface area contributed by atoms with Crippen molar-refractivity contribution in [3.05, 3.63) is 86.4 Å². The fraction of sp³-hybridized carbons (Fsp3) is 0.192. The molecule has 4 rings (SSSR count). The quantitative estimate of drug-likeness (QED) is 0.254. The molecule has 0 radical (unpaired) electrons. The van der Waals surface area contributed by atoms with Crippen molar-refractivity contribution in [1.82, 2.24) is 0 Å². The zero-order chi connectivity index (χ0) is 27.1. The van der Waals surface area contributed by atoms with Gasteiger partial charge in [0.25, 0.3) is 5.91 Å². The number of amides is 3. The number of carbonyl (C=O) groups is 3. The van der Waals surface area contributed by atoms with Crippen LogP contribution in [-0.4, -0.2) is 22.1 Å². The van der Waals surface area contributed by atoms with Gasteiger partial charge in [0.2, 0.25) is 11.8 Å². The molecule has 2 unspecified atom stereocenters. The van der Waals surface area contributed by atoms with E-state index in [4.69, 9.17) is 58.0 Å². The maximum atomic E-state index is 13.0. The number of aryl methyl sites for hydroxylation is 1. The van der Waals surface area contributed by atoms with E-state index in [0.717, 1.165) is 5.56 Å². The molecule has 1 aliphatic rings. The third-order valence-electron chi connectivity index (χ3n) is 5.91. The summed E-state index contributed by atoms with van der Waals surface area (Å²) in [6.07, 6.45) is 0. The van der Waals surface area contributed by atoms with Gasteiger partial charge in [-0.2, -0.15) is 0 Å². The van der Waals surface area contributed by atoms with Gasteiger partial charge >= 0.3 is 0 Å². The second-order valence-corrected chi connectivity index (χ2v) is 11.3. The molecule has 3 amide bonds. The van der Waals surface area contributed by atoms with E-state index >= 15 is 0 Å². The zero-order valence-corrected chi connectivity index (χ0v) is 23.2. The van der Waals surface area contributed by atoms with Gasteiger partial charge in [-0.25, -0.2) is 0 Å². The molecule has 192 valence electrons. The summed E-state index contributed by atoms with van der Waals surface area (Å²) in [6.45, 7) is 3.21. The molecule has 3 aromatic carbocycles. The van der Waals surface area contributed by atoms with E-state index in [0.29, 0.717) is 32.7 Å². The molecule has 0 saturated heterocycles. The van der Waals surface area contributed by atoms with E-state index in [1.165, 1.54) is 19.1 Å². The highest BCUT2D eigenvalue weighted by atomic mass is 35.5. The number of rotatable bonds is 6. The first-order chi connectivity index (χ1) is 17.4. The predicted octanol–water partition coefficient (Wildman–Crippen LogP) is 7.69. The van der Waals surface area contributed by atoms with E-state index in [9.17, 15) is 14.4 Å². The van der Waals surface area contributed by atoms with Gasteiger partial charge in [0.15, 0.2) is 0 Å². The van der Waals surface area contributed by atoms with Crippen molar-refractivity contribution >= 4 is 92.8 Å². The standard InChI is InChI=1S/C26H20Cl5N3O3/c1-12-9-15(32-13(2)35)5-8-21(12)34-24(36)17-11-16(4-7-18(17)27)33-25(37)23-22(26(23,30)31)14-3-6-19(28)20(29)10-14/h3-11,22-23H,1-2H3,(H,32,35)(H,33,37)(H,34,36). The fourth-order valence-electron chi connectivity index (χ4n) is 4.05. The van der Waals surface area contributed by atoms with Crippen molar-refractivity contribution in [1.29, 1.82) is 0 Å². The molecule has 3 N–H and O–H groups in total. The Kier molecular flexibility index (Phi) is 7.98. The van der Waals surface area contributed by atoms with Crippen LogP contribution in [0.3, 0.4) is 0 Å². The lowest BCUT2D eigenvalue weighted by molar-refractivity contribution is -0.117. The molecule has 1 saturated carbocycles. The van der Waals surface area contributed by atoms with E-state index in [1.54, 1.807) is 49.4 Å². The molecule has 37 heavy (non-hydrogen) atoms. The van der Waals surface area contributed by atoms with E-state index in [2.05, 4.69) is 16.0 Å². The number of halogens is 5.